The van der Waals surface area contributed by atoms with Crippen molar-refractivity contribution in [1.29, 1.82) is 0 Å². The lowest BCUT2D eigenvalue weighted by molar-refractivity contribution is 0.396. The maximum absolute atomic E-state index is 13.6. The first-order valence-corrected chi connectivity index (χ1v) is 7.29. The van der Waals surface area contributed by atoms with Crippen LogP contribution in [-0.4, -0.2) is 23.4 Å². The molecule has 1 aromatic carbocycles. The summed E-state index contributed by atoms with van der Waals surface area (Å²) in [5, 5.41) is 2.38. The van der Waals surface area contributed by atoms with Gasteiger partial charge in [-0.15, -0.1) is 11.3 Å². The number of halogens is 2. The van der Waals surface area contributed by atoms with Crippen molar-refractivity contribution in [2.75, 3.05) is 14.1 Å². The lowest BCUT2D eigenvalue weighted by atomic mass is 10.2. The van der Waals surface area contributed by atoms with Crippen LogP contribution in [0.5, 0.6) is 0 Å². The Morgan fingerprint density at radius 3 is 2.80 bits per heavy atom. The van der Waals surface area contributed by atoms with Crippen molar-refractivity contribution in [2.24, 2.45) is 0 Å². The monoisotopic (exact) mass is 310 g/mol. The van der Waals surface area contributed by atoms with Crippen molar-refractivity contribution < 1.29 is 4.39 Å². The van der Waals surface area contributed by atoms with E-state index in [0.717, 1.165) is 17.1 Å². The predicted octanol–water partition coefficient (Wildman–Crippen LogP) is 3.37. The Morgan fingerprint density at radius 2 is 2.10 bits per heavy atom. The normalized spacial score (nSPS) is 11.8. The molecule has 0 amide bonds. The molecule has 0 aliphatic heterocycles. The molecule has 0 N–H and O–H groups in total. The Morgan fingerprint density at radius 1 is 1.35 bits per heavy atom. The number of rotatable bonds is 2. The van der Waals surface area contributed by atoms with E-state index in [2.05, 4.69) is 0 Å². The Labute approximate surface area is 123 Å². The first-order valence-electron chi connectivity index (χ1n) is 6.03. The molecule has 0 bridgehead atoms. The lowest BCUT2D eigenvalue weighted by Crippen LogP contribution is -2.13. The van der Waals surface area contributed by atoms with Crippen LogP contribution >= 0.6 is 22.9 Å². The zero-order chi connectivity index (χ0) is 14.4. The van der Waals surface area contributed by atoms with E-state index in [1.165, 1.54) is 23.5 Å². The SMILES string of the molecule is CN(C)Cc1csc2cc(=O)c3cc(F)c(Cl)cc3n12. The maximum Gasteiger partial charge on any atom is 0.190 e. The van der Waals surface area contributed by atoms with Crippen molar-refractivity contribution in [1.82, 2.24) is 9.30 Å². The molecule has 20 heavy (non-hydrogen) atoms. The average Bonchev–Trinajstić information content (AvgIpc) is 2.74. The van der Waals surface area contributed by atoms with E-state index in [-0.39, 0.29) is 10.5 Å². The van der Waals surface area contributed by atoms with Gasteiger partial charge in [-0.2, -0.15) is 0 Å². The summed E-state index contributed by atoms with van der Waals surface area (Å²) < 4.78 is 15.5. The molecular formula is C14H12ClFN2OS. The molecule has 3 rings (SSSR count). The summed E-state index contributed by atoms with van der Waals surface area (Å²) in [6.07, 6.45) is 0. The van der Waals surface area contributed by atoms with Crippen LogP contribution in [0.3, 0.4) is 0 Å². The molecule has 0 aliphatic carbocycles. The fourth-order valence-electron chi connectivity index (χ4n) is 2.29. The van der Waals surface area contributed by atoms with Crippen LogP contribution in [-0.2, 0) is 6.54 Å². The summed E-state index contributed by atoms with van der Waals surface area (Å²) in [5.41, 5.74) is 1.51. The molecule has 0 aliphatic rings. The van der Waals surface area contributed by atoms with Crippen molar-refractivity contribution >= 4 is 38.7 Å². The van der Waals surface area contributed by atoms with E-state index in [4.69, 9.17) is 11.6 Å². The van der Waals surface area contributed by atoms with Crippen LogP contribution in [0.2, 0.25) is 5.02 Å². The van der Waals surface area contributed by atoms with Gasteiger partial charge in [0, 0.05) is 29.1 Å². The summed E-state index contributed by atoms with van der Waals surface area (Å²) in [5.74, 6) is -0.569. The second-order valence-corrected chi connectivity index (χ2v) is 6.23. The quantitative estimate of drug-likeness (QED) is 0.725. The van der Waals surface area contributed by atoms with Crippen molar-refractivity contribution in [3.63, 3.8) is 0 Å². The third-order valence-electron chi connectivity index (χ3n) is 3.10. The number of benzene rings is 1. The molecule has 0 atom stereocenters. The second kappa shape index (κ2) is 4.84. The minimum atomic E-state index is -0.569. The Kier molecular flexibility index (Phi) is 3.28. The highest BCUT2D eigenvalue weighted by Gasteiger charge is 2.12. The average molecular weight is 311 g/mol. The molecule has 3 nitrogen and oxygen atoms in total. The summed E-state index contributed by atoms with van der Waals surface area (Å²) in [4.78, 5) is 14.9. The van der Waals surface area contributed by atoms with Crippen LogP contribution in [0, 0.1) is 5.82 Å². The number of aromatic nitrogens is 1. The molecule has 2 heterocycles. The molecule has 3 aromatic rings. The van der Waals surface area contributed by atoms with E-state index >= 15 is 0 Å². The molecule has 0 saturated carbocycles. The third-order valence-corrected chi connectivity index (χ3v) is 4.32. The van der Waals surface area contributed by atoms with Gasteiger partial charge in [-0.3, -0.25) is 4.79 Å². The van der Waals surface area contributed by atoms with Gasteiger partial charge in [-0.25, -0.2) is 4.39 Å². The zero-order valence-electron chi connectivity index (χ0n) is 11.0. The smallest absolute Gasteiger partial charge is 0.190 e. The summed E-state index contributed by atoms with van der Waals surface area (Å²) in [6.45, 7) is 0.729. The molecule has 0 saturated heterocycles. The lowest BCUT2D eigenvalue weighted by Gasteiger charge is -2.11. The van der Waals surface area contributed by atoms with Gasteiger partial charge in [0.15, 0.2) is 5.43 Å². The zero-order valence-corrected chi connectivity index (χ0v) is 12.6. The minimum absolute atomic E-state index is 0.0268. The fourth-order valence-corrected chi connectivity index (χ4v) is 3.38. The second-order valence-electron chi connectivity index (χ2n) is 4.93. The van der Waals surface area contributed by atoms with Crippen molar-refractivity contribution in [3.8, 4) is 0 Å². The number of hydrogen-bond donors (Lipinski definition) is 0. The Hall–Kier alpha value is -1.43. The van der Waals surface area contributed by atoms with E-state index in [0.29, 0.717) is 10.9 Å². The highest BCUT2D eigenvalue weighted by Crippen LogP contribution is 2.26. The Bertz CT molecular complexity index is 869. The fraction of sp³-hybridized carbons (Fsp3) is 0.214. The maximum atomic E-state index is 13.6. The van der Waals surface area contributed by atoms with Crippen LogP contribution in [0.15, 0.2) is 28.4 Å². The van der Waals surface area contributed by atoms with Gasteiger partial charge in [0.2, 0.25) is 0 Å². The van der Waals surface area contributed by atoms with Crippen LogP contribution in [0.4, 0.5) is 4.39 Å². The summed E-state index contributed by atoms with van der Waals surface area (Å²) in [7, 11) is 3.95. The van der Waals surface area contributed by atoms with Gasteiger partial charge >= 0.3 is 0 Å². The third kappa shape index (κ3) is 2.12. The molecule has 0 radical (unpaired) electrons. The van der Waals surface area contributed by atoms with Crippen LogP contribution in [0.1, 0.15) is 5.69 Å². The first kappa shape index (κ1) is 13.5. The van der Waals surface area contributed by atoms with Gasteiger partial charge in [0.25, 0.3) is 0 Å². The first-order chi connectivity index (χ1) is 9.47. The molecule has 6 heteroatoms. The predicted molar refractivity (Wildman–Crippen MR) is 81.4 cm³/mol. The molecule has 0 fully saturated rings. The largest absolute Gasteiger partial charge is 0.304 e. The summed E-state index contributed by atoms with van der Waals surface area (Å²) >= 11 is 7.36. The van der Waals surface area contributed by atoms with Crippen molar-refractivity contribution in [3.05, 3.63) is 50.3 Å². The van der Waals surface area contributed by atoms with Gasteiger partial charge in [0.05, 0.1) is 10.5 Å². The van der Waals surface area contributed by atoms with Crippen molar-refractivity contribution in [2.45, 2.75) is 6.54 Å². The minimum Gasteiger partial charge on any atom is -0.304 e. The molecule has 0 unspecified atom stereocenters. The number of nitrogens with zero attached hydrogens (tertiary/aromatic N) is 2. The van der Waals surface area contributed by atoms with E-state index < -0.39 is 5.82 Å². The standard InChI is InChI=1S/C14H12ClFN2OS/c1-17(2)6-8-7-20-14-5-13(19)9-3-11(16)10(15)4-12(9)18(8)14/h3-5,7H,6H2,1-2H3. The topological polar surface area (TPSA) is 24.7 Å². The van der Waals surface area contributed by atoms with E-state index in [9.17, 15) is 9.18 Å². The van der Waals surface area contributed by atoms with Crippen LogP contribution in [0.25, 0.3) is 15.7 Å². The van der Waals surface area contributed by atoms with Gasteiger partial charge < -0.3 is 9.30 Å². The molecule has 2 aromatic heterocycles. The number of thiazole rings is 1. The van der Waals surface area contributed by atoms with Gasteiger partial charge in [0.1, 0.15) is 10.6 Å². The highest BCUT2D eigenvalue weighted by atomic mass is 35.5. The molecular weight excluding hydrogens is 299 g/mol. The van der Waals surface area contributed by atoms with Gasteiger partial charge in [-0.1, -0.05) is 11.6 Å². The Balaban J connectivity index is 2.45. The van der Waals surface area contributed by atoms with E-state index in [1.807, 2.05) is 28.8 Å². The number of pyridine rings is 1. The molecule has 0 spiro atoms. The van der Waals surface area contributed by atoms with Crippen LogP contribution < -0.4 is 5.43 Å². The number of hydrogen-bond acceptors (Lipinski definition) is 3. The number of fused-ring (bicyclic) bond motifs is 3. The highest BCUT2D eigenvalue weighted by molar-refractivity contribution is 7.15. The molecule has 104 valence electrons. The van der Waals surface area contributed by atoms with E-state index in [1.54, 1.807) is 6.07 Å². The van der Waals surface area contributed by atoms with Gasteiger partial charge in [-0.05, 0) is 26.2 Å². The summed E-state index contributed by atoms with van der Waals surface area (Å²) in [6, 6.07) is 4.27.